The first-order valence-corrected chi connectivity index (χ1v) is 5.04. The summed E-state index contributed by atoms with van der Waals surface area (Å²) in [7, 11) is 0. The summed E-state index contributed by atoms with van der Waals surface area (Å²) in [6.07, 6.45) is 3.63. The van der Waals surface area contributed by atoms with Gasteiger partial charge in [-0.15, -0.1) is 0 Å². The molecule has 0 radical (unpaired) electrons. The van der Waals surface area contributed by atoms with Crippen molar-refractivity contribution in [2.45, 2.75) is 13.3 Å². The van der Waals surface area contributed by atoms with E-state index in [-0.39, 0.29) is 5.91 Å². The molecule has 0 aromatic carbocycles. The van der Waals surface area contributed by atoms with Gasteiger partial charge in [-0.2, -0.15) is 0 Å². The minimum atomic E-state index is -0.900. The molecule has 1 aromatic rings. The molecular weight excluding hydrogens is 208 g/mol. The molecule has 0 spiro atoms. The third-order valence-corrected chi connectivity index (χ3v) is 2.74. The van der Waals surface area contributed by atoms with E-state index in [1.807, 2.05) is 6.92 Å². The van der Waals surface area contributed by atoms with Crippen LogP contribution in [0.3, 0.4) is 0 Å². The molecule has 5 nitrogen and oxygen atoms in total. The molecule has 0 unspecified atom stereocenters. The molecule has 0 saturated heterocycles. The Kier molecular flexibility index (Phi) is 2.60. The van der Waals surface area contributed by atoms with Crippen LogP contribution < -0.4 is 5.32 Å². The summed E-state index contributed by atoms with van der Waals surface area (Å²) in [5.74, 6) is -2.04. The number of nitrogens with one attached hydrogen (secondary N) is 1. The van der Waals surface area contributed by atoms with Crippen molar-refractivity contribution < 1.29 is 14.7 Å². The zero-order valence-corrected chi connectivity index (χ0v) is 8.80. The Morgan fingerprint density at radius 1 is 1.50 bits per heavy atom. The predicted molar refractivity (Wildman–Crippen MR) is 56.8 cm³/mol. The number of aromatic nitrogens is 1. The van der Waals surface area contributed by atoms with E-state index in [2.05, 4.69) is 10.3 Å². The maximum atomic E-state index is 11.6. The lowest BCUT2D eigenvalue weighted by atomic mass is 10.2. The Morgan fingerprint density at radius 2 is 2.25 bits per heavy atom. The van der Waals surface area contributed by atoms with Gasteiger partial charge in [-0.1, -0.05) is 0 Å². The van der Waals surface area contributed by atoms with E-state index in [4.69, 9.17) is 5.11 Å². The van der Waals surface area contributed by atoms with Crippen LogP contribution in [0.1, 0.15) is 12.0 Å². The van der Waals surface area contributed by atoms with E-state index >= 15 is 0 Å². The molecule has 1 fully saturated rings. The lowest BCUT2D eigenvalue weighted by Gasteiger charge is -2.06. The fraction of sp³-hybridized carbons (Fsp3) is 0.364. The van der Waals surface area contributed by atoms with Gasteiger partial charge in [-0.05, 0) is 25.0 Å². The second-order valence-electron chi connectivity index (χ2n) is 3.97. The van der Waals surface area contributed by atoms with E-state index in [9.17, 15) is 9.59 Å². The number of aliphatic carboxylic acids is 1. The third kappa shape index (κ3) is 2.03. The molecule has 5 heteroatoms. The molecular formula is C11H12N2O3. The van der Waals surface area contributed by atoms with E-state index < -0.39 is 17.8 Å². The van der Waals surface area contributed by atoms with E-state index in [0.29, 0.717) is 12.1 Å². The van der Waals surface area contributed by atoms with Crippen LogP contribution >= 0.6 is 0 Å². The van der Waals surface area contributed by atoms with E-state index in [0.717, 1.165) is 5.56 Å². The fourth-order valence-corrected chi connectivity index (χ4v) is 1.58. The first-order chi connectivity index (χ1) is 7.59. The quantitative estimate of drug-likeness (QED) is 0.797. The van der Waals surface area contributed by atoms with Gasteiger partial charge in [0.25, 0.3) is 0 Å². The van der Waals surface area contributed by atoms with Crippen molar-refractivity contribution in [1.82, 2.24) is 4.98 Å². The number of hydrogen-bond acceptors (Lipinski definition) is 3. The average Bonchev–Trinajstić information content (AvgIpc) is 3.01. The van der Waals surface area contributed by atoms with Gasteiger partial charge in [0.1, 0.15) is 0 Å². The molecule has 1 aliphatic carbocycles. The maximum Gasteiger partial charge on any atom is 0.307 e. The summed E-state index contributed by atoms with van der Waals surface area (Å²) in [6.45, 7) is 1.86. The van der Waals surface area contributed by atoms with Crippen LogP contribution in [0.5, 0.6) is 0 Å². The van der Waals surface area contributed by atoms with Gasteiger partial charge in [-0.25, -0.2) is 0 Å². The van der Waals surface area contributed by atoms with Crippen LogP contribution in [0, 0.1) is 18.8 Å². The number of carbonyl (C=O) groups is 2. The van der Waals surface area contributed by atoms with Crippen molar-refractivity contribution in [3.8, 4) is 0 Å². The molecule has 1 aromatic heterocycles. The summed E-state index contributed by atoms with van der Waals surface area (Å²) in [6, 6.07) is 1.79. The Balaban J connectivity index is 1.99. The highest BCUT2D eigenvalue weighted by molar-refractivity contribution is 5.98. The van der Waals surface area contributed by atoms with Gasteiger partial charge in [0, 0.05) is 6.20 Å². The van der Waals surface area contributed by atoms with Crippen molar-refractivity contribution in [3.05, 3.63) is 24.0 Å². The number of aryl methyl sites for hydroxylation is 1. The molecule has 1 amide bonds. The molecule has 0 bridgehead atoms. The van der Waals surface area contributed by atoms with Crippen LogP contribution in [0.15, 0.2) is 18.5 Å². The first-order valence-electron chi connectivity index (χ1n) is 5.04. The second-order valence-corrected chi connectivity index (χ2v) is 3.97. The van der Waals surface area contributed by atoms with Crippen molar-refractivity contribution in [1.29, 1.82) is 0 Å². The van der Waals surface area contributed by atoms with Crippen molar-refractivity contribution in [2.24, 2.45) is 11.8 Å². The molecule has 2 atom stereocenters. The number of pyridine rings is 1. The van der Waals surface area contributed by atoms with Crippen molar-refractivity contribution >= 4 is 17.6 Å². The standard InChI is InChI=1S/C11H12N2O3/c1-6-2-3-12-5-9(6)13-10(14)7-4-8(7)11(15)16/h2-3,5,7-8H,4H2,1H3,(H,13,14)(H,15,16)/t7-,8+/m1/s1. The highest BCUT2D eigenvalue weighted by Crippen LogP contribution is 2.39. The van der Waals surface area contributed by atoms with Gasteiger partial charge in [0.05, 0.1) is 23.7 Å². The van der Waals surface area contributed by atoms with Crippen LogP contribution in [0.2, 0.25) is 0 Å². The zero-order valence-electron chi connectivity index (χ0n) is 8.80. The summed E-state index contributed by atoms with van der Waals surface area (Å²) in [5, 5.41) is 11.4. The van der Waals surface area contributed by atoms with Gasteiger partial charge >= 0.3 is 5.97 Å². The lowest BCUT2D eigenvalue weighted by molar-refractivity contribution is -0.139. The van der Waals surface area contributed by atoms with Crippen LogP contribution in [0.25, 0.3) is 0 Å². The highest BCUT2D eigenvalue weighted by atomic mass is 16.4. The molecule has 84 valence electrons. The summed E-state index contributed by atoms with van der Waals surface area (Å²) >= 11 is 0. The lowest BCUT2D eigenvalue weighted by Crippen LogP contribution is -2.17. The van der Waals surface area contributed by atoms with Gasteiger partial charge in [0.15, 0.2) is 0 Å². The summed E-state index contributed by atoms with van der Waals surface area (Å²) < 4.78 is 0. The monoisotopic (exact) mass is 220 g/mol. The van der Waals surface area contributed by atoms with Gasteiger partial charge in [-0.3, -0.25) is 14.6 Å². The van der Waals surface area contributed by atoms with E-state index in [1.165, 1.54) is 0 Å². The number of carboxylic acid groups (broad SMARTS) is 1. The number of amides is 1. The smallest absolute Gasteiger partial charge is 0.307 e. The Hall–Kier alpha value is -1.91. The van der Waals surface area contributed by atoms with Crippen LogP contribution in [-0.2, 0) is 9.59 Å². The summed E-state index contributed by atoms with van der Waals surface area (Å²) in [5.41, 5.74) is 1.56. The SMILES string of the molecule is Cc1ccncc1NC(=O)[C@@H]1C[C@@H]1C(=O)O. The topological polar surface area (TPSA) is 79.3 Å². The molecule has 1 aliphatic rings. The van der Waals surface area contributed by atoms with Gasteiger partial charge in [0.2, 0.25) is 5.91 Å². The minimum Gasteiger partial charge on any atom is -0.481 e. The van der Waals surface area contributed by atoms with Crippen LogP contribution in [-0.4, -0.2) is 22.0 Å². The Morgan fingerprint density at radius 3 is 2.81 bits per heavy atom. The number of rotatable bonds is 3. The molecule has 2 N–H and O–H groups in total. The fourth-order valence-electron chi connectivity index (χ4n) is 1.58. The first kappa shape index (κ1) is 10.6. The van der Waals surface area contributed by atoms with Crippen LogP contribution in [0.4, 0.5) is 5.69 Å². The Labute approximate surface area is 92.5 Å². The molecule has 1 heterocycles. The largest absolute Gasteiger partial charge is 0.481 e. The molecule has 1 saturated carbocycles. The van der Waals surface area contributed by atoms with Crippen molar-refractivity contribution in [3.63, 3.8) is 0 Å². The highest BCUT2D eigenvalue weighted by Gasteiger charge is 2.48. The molecule has 16 heavy (non-hydrogen) atoms. The normalized spacial score (nSPS) is 22.6. The van der Waals surface area contributed by atoms with Gasteiger partial charge < -0.3 is 10.4 Å². The Bertz CT molecular complexity index is 445. The maximum absolute atomic E-state index is 11.6. The number of carboxylic acids is 1. The average molecular weight is 220 g/mol. The number of nitrogens with zero attached hydrogens (tertiary/aromatic N) is 1. The molecule has 2 rings (SSSR count). The predicted octanol–water partition coefficient (Wildman–Crippen LogP) is 1.05. The molecule has 0 aliphatic heterocycles. The number of hydrogen-bond donors (Lipinski definition) is 2. The van der Waals surface area contributed by atoms with Crippen molar-refractivity contribution in [2.75, 3.05) is 5.32 Å². The third-order valence-electron chi connectivity index (χ3n) is 2.74. The van der Waals surface area contributed by atoms with E-state index in [1.54, 1.807) is 18.5 Å². The number of anilines is 1. The summed E-state index contributed by atoms with van der Waals surface area (Å²) in [4.78, 5) is 26.1. The zero-order chi connectivity index (χ0) is 11.7. The number of carbonyl (C=O) groups excluding carboxylic acids is 1. The minimum absolute atomic E-state index is 0.233. The second kappa shape index (κ2) is 3.92.